The molecule has 1 unspecified atom stereocenters. The fourth-order valence-corrected chi connectivity index (χ4v) is 2.04. The molecule has 0 aromatic carbocycles. The van der Waals surface area contributed by atoms with Gasteiger partial charge in [-0.15, -0.1) is 0 Å². The number of likely N-dealkylation sites (tertiary alicyclic amines) is 1. The first-order chi connectivity index (χ1) is 8.95. The molecule has 0 aromatic heterocycles. The number of rotatable bonds is 5. The molecule has 108 valence electrons. The highest BCUT2D eigenvalue weighted by atomic mass is 16.4. The van der Waals surface area contributed by atoms with Crippen molar-refractivity contribution < 1.29 is 19.5 Å². The molecule has 0 saturated carbocycles. The molecule has 1 saturated heterocycles. The molecular weight excluding hydrogens is 250 g/mol. The molecular formula is C12H21N3O4. The van der Waals surface area contributed by atoms with E-state index >= 15 is 0 Å². The fourth-order valence-electron chi connectivity index (χ4n) is 2.04. The summed E-state index contributed by atoms with van der Waals surface area (Å²) >= 11 is 0. The highest BCUT2D eigenvalue weighted by molar-refractivity contribution is 5.88. The molecule has 0 spiro atoms. The zero-order valence-corrected chi connectivity index (χ0v) is 11.4. The Morgan fingerprint density at radius 3 is 2.37 bits per heavy atom. The van der Waals surface area contributed by atoms with Crippen molar-refractivity contribution in [1.82, 2.24) is 15.1 Å². The molecule has 7 heteroatoms. The van der Waals surface area contributed by atoms with Crippen LogP contribution >= 0.6 is 0 Å². The molecule has 0 aliphatic carbocycles. The number of likely N-dealkylation sites (N-methyl/N-ethyl adjacent to an activating group) is 1. The van der Waals surface area contributed by atoms with Gasteiger partial charge in [0.15, 0.2) is 0 Å². The highest BCUT2D eigenvalue weighted by Crippen LogP contribution is 2.09. The summed E-state index contributed by atoms with van der Waals surface area (Å²) in [6.45, 7) is 4.68. The van der Waals surface area contributed by atoms with Gasteiger partial charge >= 0.3 is 12.0 Å². The van der Waals surface area contributed by atoms with Crippen LogP contribution in [0, 0.1) is 0 Å². The van der Waals surface area contributed by atoms with Crippen LogP contribution in [0.1, 0.15) is 26.7 Å². The first-order valence-corrected chi connectivity index (χ1v) is 6.51. The predicted molar refractivity (Wildman–Crippen MR) is 68.7 cm³/mol. The van der Waals surface area contributed by atoms with Gasteiger partial charge in [-0.2, -0.15) is 0 Å². The third kappa shape index (κ3) is 4.42. The van der Waals surface area contributed by atoms with Crippen LogP contribution in [0.4, 0.5) is 4.79 Å². The number of carboxylic acids is 1. The third-order valence-corrected chi connectivity index (χ3v) is 3.12. The molecule has 1 aliphatic heterocycles. The molecule has 1 heterocycles. The number of amides is 3. The van der Waals surface area contributed by atoms with Gasteiger partial charge in [0.1, 0.15) is 12.6 Å². The summed E-state index contributed by atoms with van der Waals surface area (Å²) in [6.07, 6.45) is 1.99. The van der Waals surface area contributed by atoms with Crippen molar-refractivity contribution >= 4 is 17.9 Å². The van der Waals surface area contributed by atoms with E-state index in [9.17, 15) is 14.4 Å². The zero-order chi connectivity index (χ0) is 14.4. The van der Waals surface area contributed by atoms with Gasteiger partial charge in [-0.05, 0) is 26.7 Å². The van der Waals surface area contributed by atoms with Crippen molar-refractivity contribution in [2.45, 2.75) is 32.7 Å². The average Bonchev–Trinajstić information content (AvgIpc) is 2.88. The third-order valence-electron chi connectivity index (χ3n) is 3.12. The lowest BCUT2D eigenvalue weighted by Gasteiger charge is -2.24. The lowest BCUT2D eigenvalue weighted by Crippen LogP contribution is -2.51. The van der Waals surface area contributed by atoms with Crippen molar-refractivity contribution in [1.29, 1.82) is 0 Å². The monoisotopic (exact) mass is 271 g/mol. The molecule has 0 aromatic rings. The van der Waals surface area contributed by atoms with Crippen LogP contribution in [-0.4, -0.2) is 65.0 Å². The quantitative estimate of drug-likeness (QED) is 0.743. The molecule has 0 radical (unpaired) electrons. The van der Waals surface area contributed by atoms with Crippen LogP contribution in [-0.2, 0) is 9.59 Å². The second kappa shape index (κ2) is 6.96. The van der Waals surface area contributed by atoms with Gasteiger partial charge in [-0.3, -0.25) is 9.59 Å². The molecule has 7 nitrogen and oxygen atoms in total. The van der Waals surface area contributed by atoms with E-state index in [1.807, 2.05) is 0 Å². The number of nitrogens with one attached hydrogen (secondary N) is 1. The van der Waals surface area contributed by atoms with Crippen molar-refractivity contribution in [3.63, 3.8) is 0 Å². The first kappa shape index (κ1) is 15.3. The SMILES string of the molecule is CCN(CC(=O)O)C(=O)NC(C)C(=O)N1CCCC1. The number of carboxylic acid groups (broad SMARTS) is 1. The highest BCUT2D eigenvalue weighted by Gasteiger charge is 2.26. The lowest BCUT2D eigenvalue weighted by atomic mass is 10.3. The zero-order valence-electron chi connectivity index (χ0n) is 11.4. The number of urea groups is 1. The molecule has 1 fully saturated rings. The molecule has 0 bridgehead atoms. The number of hydrogen-bond acceptors (Lipinski definition) is 3. The van der Waals surface area contributed by atoms with E-state index in [0.717, 1.165) is 30.8 Å². The summed E-state index contributed by atoms with van der Waals surface area (Å²) in [5.74, 6) is -1.19. The van der Waals surface area contributed by atoms with Crippen molar-refractivity contribution in [3.8, 4) is 0 Å². The lowest BCUT2D eigenvalue weighted by molar-refractivity contribution is -0.137. The summed E-state index contributed by atoms with van der Waals surface area (Å²) in [6, 6.07) is -1.15. The number of nitrogens with zero attached hydrogens (tertiary/aromatic N) is 2. The smallest absolute Gasteiger partial charge is 0.323 e. The summed E-state index contributed by atoms with van der Waals surface area (Å²) < 4.78 is 0. The largest absolute Gasteiger partial charge is 0.480 e. The van der Waals surface area contributed by atoms with Crippen molar-refractivity contribution in [2.75, 3.05) is 26.2 Å². The van der Waals surface area contributed by atoms with Gasteiger partial charge < -0.3 is 20.2 Å². The molecule has 3 amide bonds. The number of carbonyl (C=O) groups excluding carboxylic acids is 2. The minimum absolute atomic E-state index is 0.114. The molecule has 1 rings (SSSR count). The Labute approximate surface area is 112 Å². The normalized spacial score (nSPS) is 16.0. The number of aliphatic carboxylic acids is 1. The van der Waals surface area contributed by atoms with Crippen LogP contribution in [0.15, 0.2) is 0 Å². The molecule has 1 aliphatic rings. The number of carbonyl (C=O) groups is 3. The maximum atomic E-state index is 12.0. The second-order valence-corrected chi connectivity index (χ2v) is 4.61. The fraction of sp³-hybridized carbons (Fsp3) is 0.750. The van der Waals surface area contributed by atoms with E-state index in [4.69, 9.17) is 5.11 Å². The topological polar surface area (TPSA) is 90.0 Å². The molecule has 1 atom stereocenters. The summed E-state index contributed by atoms with van der Waals surface area (Å²) in [5.41, 5.74) is 0. The Hall–Kier alpha value is -1.79. The summed E-state index contributed by atoms with van der Waals surface area (Å²) in [7, 11) is 0. The average molecular weight is 271 g/mol. The Bertz CT molecular complexity index is 353. The van der Waals surface area contributed by atoms with Gasteiger partial charge in [0.2, 0.25) is 5.91 Å². The maximum Gasteiger partial charge on any atom is 0.323 e. The summed E-state index contributed by atoms with van der Waals surface area (Å²) in [5, 5.41) is 11.2. The van der Waals surface area contributed by atoms with Gasteiger partial charge in [-0.1, -0.05) is 0 Å². The van der Waals surface area contributed by atoms with E-state index < -0.39 is 18.0 Å². The Kier molecular flexibility index (Phi) is 5.59. The molecule has 2 N–H and O–H groups in total. The van der Waals surface area contributed by atoms with Crippen LogP contribution in [0.25, 0.3) is 0 Å². The van der Waals surface area contributed by atoms with Gasteiger partial charge in [-0.25, -0.2) is 4.79 Å². The first-order valence-electron chi connectivity index (χ1n) is 6.51. The minimum atomic E-state index is -1.07. The van der Waals surface area contributed by atoms with Crippen molar-refractivity contribution in [3.05, 3.63) is 0 Å². The van der Waals surface area contributed by atoms with Gasteiger partial charge in [0, 0.05) is 19.6 Å². The van der Waals surface area contributed by atoms with E-state index in [1.54, 1.807) is 18.7 Å². The Morgan fingerprint density at radius 1 is 1.32 bits per heavy atom. The van der Waals surface area contributed by atoms with Gasteiger partial charge in [0.05, 0.1) is 0 Å². The van der Waals surface area contributed by atoms with E-state index in [2.05, 4.69) is 5.32 Å². The van der Waals surface area contributed by atoms with Crippen molar-refractivity contribution in [2.24, 2.45) is 0 Å². The van der Waals surface area contributed by atoms with E-state index in [1.165, 1.54) is 0 Å². The maximum absolute atomic E-state index is 12.0. The van der Waals surface area contributed by atoms with Crippen LogP contribution in [0.5, 0.6) is 0 Å². The van der Waals surface area contributed by atoms with Crippen LogP contribution in [0.3, 0.4) is 0 Å². The van der Waals surface area contributed by atoms with Crippen LogP contribution in [0.2, 0.25) is 0 Å². The van der Waals surface area contributed by atoms with E-state index in [-0.39, 0.29) is 19.0 Å². The Morgan fingerprint density at radius 2 is 1.89 bits per heavy atom. The summed E-state index contributed by atoms with van der Waals surface area (Å²) in [4.78, 5) is 37.3. The van der Waals surface area contributed by atoms with Crippen LogP contribution < -0.4 is 5.32 Å². The standard InChI is InChI=1S/C12H21N3O4/c1-3-14(8-10(16)17)12(19)13-9(2)11(18)15-6-4-5-7-15/h9H,3-8H2,1-2H3,(H,13,19)(H,16,17). The number of hydrogen-bond donors (Lipinski definition) is 2. The van der Waals surface area contributed by atoms with E-state index in [0.29, 0.717) is 0 Å². The predicted octanol–water partition coefficient (Wildman–Crippen LogP) is 0.113. The van der Waals surface area contributed by atoms with Gasteiger partial charge in [0.25, 0.3) is 0 Å². The second-order valence-electron chi connectivity index (χ2n) is 4.61. The Balaban J connectivity index is 2.49. The molecule has 19 heavy (non-hydrogen) atoms. The minimum Gasteiger partial charge on any atom is -0.480 e.